The van der Waals surface area contributed by atoms with Gasteiger partial charge in [0.05, 0.1) is 34.5 Å². The molecule has 1 spiro atoms. The fraction of sp³-hybridized carbons (Fsp3) is 0.400. The number of ether oxygens (including phenoxy) is 2. The molecule has 0 saturated carbocycles. The predicted octanol–water partition coefficient (Wildman–Crippen LogP) is 2.65. The summed E-state index contributed by atoms with van der Waals surface area (Å²) < 4.78 is 38.7. The van der Waals surface area contributed by atoms with E-state index in [0.29, 0.717) is 13.2 Å². The molecular formula is C15H15Cl2NO6S. The largest absolute Gasteiger partial charge is 0.478 e. The van der Waals surface area contributed by atoms with E-state index in [-0.39, 0.29) is 34.1 Å². The van der Waals surface area contributed by atoms with Gasteiger partial charge in [-0.25, -0.2) is 13.2 Å². The van der Waals surface area contributed by atoms with Crippen LogP contribution in [-0.2, 0) is 24.3 Å². The quantitative estimate of drug-likeness (QED) is 0.795. The molecule has 0 bridgehead atoms. The zero-order valence-electron chi connectivity index (χ0n) is 12.9. The Balaban J connectivity index is 1.93. The Morgan fingerprint density at radius 2 is 1.96 bits per heavy atom. The molecule has 1 heterocycles. The summed E-state index contributed by atoms with van der Waals surface area (Å²) in [5.74, 6) is -2.50. The van der Waals surface area contributed by atoms with E-state index in [2.05, 4.69) is 4.72 Å². The van der Waals surface area contributed by atoms with E-state index in [1.807, 2.05) is 0 Å². The van der Waals surface area contributed by atoms with Crippen LogP contribution in [0.15, 0.2) is 29.8 Å². The fourth-order valence-electron chi connectivity index (χ4n) is 2.92. The number of anilines is 1. The lowest BCUT2D eigenvalue weighted by molar-refractivity contribution is -0.138. The summed E-state index contributed by atoms with van der Waals surface area (Å²) >= 11 is 11.9. The number of hydrogen-bond acceptors (Lipinski definition) is 5. The summed E-state index contributed by atoms with van der Waals surface area (Å²) in [6.45, 7) is 0.661. The minimum atomic E-state index is -4.07. The third-order valence-electron chi connectivity index (χ3n) is 4.08. The molecule has 1 fully saturated rings. The van der Waals surface area contributed by atoms with Crippen molar-refractivity contribution in [3.63, 3.8) is 0 Å². The number of carboxylic acids is 1. The van der Waals surface area contributed by atoms with Crippen LogP contribution in [0, 0.1) is 0 Å². The van der Waals surface area contributed by atoms with Gasteiger partial charge in [-0.3, -0.25) is 4.72 Å². The van der Waals surface area contributed by atoms with Crippen molar-refractivity contribution in [2.75, 3.05) is 17.9 Å². The smallest absolute Gasteiger partial charge is 0.332 e. The first-order valence-electron chi connectivity index (χ1n) is 7.44. The van der Waals surface area contributed by atoms with Gasteiger partial charge < -0.3 is 14.6 Å². The van der Waals surface area contributed by atoms with Crippen LogP contribution in [0.3, 0.4) is 0 Å². The molecule has 1 unspecified atom stereocenters. The first-order valence-corrected chi connectivity index (χ1v) is 9.74. The fourth-order valence-corrected chi connectivity index (χ4v) is 4.87. The second-order valence-electron chi connectivity index (χ2n) is 5.69. The van der Waals surface area contributed by atoms with Gasteiger partial charge in [-0.05, 0) is 24.6 Å². The molecule has 1 aliphatic carbocycles. The molecule has 7 nitrogen and oxygen atoms in total. The van der Waals surface area contributed by atoms with Crippen LogP contribution < -0.4 is 4.72 Å². The average Bonchev–Trinajstić information content (AvgIpc) is 2.99. The number of benzene rings is 1. The van der Waals surface area contributed by atoms with Gasteiger partial charge in [-0.15, -0.1) is 0 Å². The van der Waals surface area contributed by atoms with E-state index < -0.39 is 27.0 Å². The summed E-state index contributed by atoms with van der Waals surface area (Å²) in [6.07, 6.45) is 1.51. The lowest BCUT2D eigenvalue weighted by Gasteiger charge is -2.32. The summed E-state index contributed by atoms with van der Waals surface area (Å²) in [4.78, 5) is 11.6. The zero-order chi connectivity index (χ0) is 18.2. The molecule has 2 aliphatic rings. The molecule has 3 rings (SSSR count). The zero-order valence-corrected chi connectivity index (χ0v) is 15.2. The maximum atomic E-state index is 12.7. The van der Waals surface area contributed by atoms with Crippen molar-refractivity contribution in [2.45, 2.75) is 23.9 Å². The highest BCUT2D eigenvalue weighted by atomic mass is 35.5. The molecule has 0 aromatic heterocycles. The number of nitrogens with one attached hydrogen (secondary N) is 1. The Labute approximate surface area is 154 Å². The number of sulfonamides is 1. The van der Waals surface area contributed by atoms with E-state index >= 15 is 0 Å². The van der Waals surface area contributed by atoms with Crippen LogP contribution in [0.2, 0.25) is 10.0 Å². The number of rotatable bonds is 4. The minimum absolute atomic E-state index is 0.0334. The second kappa shape index (κ2) is 6.77. The van der Waals surface area contributed by atoms with Gasteiger partial charge in [-0.2, -0.15) is 0 Å². The van der Waals surface area contributed by atoms with E-state index in [1.165, 1.54) is 24.3 Å². The van der Waals surface area contributed by atoms with Gasteiger partial charge in [0.25, 0.3) is 0 Å². The molecular weight excluding hydrogens is 393 g/mol. The summed E-state index contributed by atoms with van der Waals surface area (Å²) in [5, 5.41) is 8.43. The van der Waals surface area contributed by atoms with Crippen molar-refractivity contribution in [3.8, 4) is 0 Å². The van der Waals surface area contributed by atoms with Gasteiger partial charge in [0.15, 0.2) is 5.79 Å². The lowest BCUT2D eigenvalue weighted by atomic mass is 9.94. The molecule has 25 heavy (non-hydrogen) atoms. The number of carboxylic acid groups (broad SMARTS) is 1. The molecule has 1 saturated heterocycles. The van der Waals surface area contributed by atoms with Crippen LogP contribution in [0.1, 0.15) is 12.8 Å². The Kier molecular flexibility index (Phi) is 5.00. The first kappa shape index (κ1) is 18.5. The summed E-state index contributed by atoms with van der Waals surface area (Å²) in [7, 11) is -4.07. The minimum Gasteiger partial charge on any atom is -0.478 e. The standard InChI is InChI=1S/C15H15Cl2NO6S/c16-10-2-1-3-11(13(10)17)18-25(21,22)12-4-5-15(23-6-7-24-15)8-9(12)14(19)20/h1-3,8,12,18H,4-7H2,(H,19,20). The summed E-state index contributed by atoms with van der Waals surface area (Å²) in [6, 6.07) is 4.50. The van der Waals surface area contributed by atoms with Gasteiger partial charge in [-0.1, -0.05) is 29.3 Å². The van der Waals surface area contributed by atoms with Crippen molar-refractivity contribution in [2.24, 2.45) is 0 Å². The number of hydrogen-bond donors (Lipinski definition) is 2. The number of carbonyl (C=O) groups is 1. The summed E-state index contributed by atoms with van der Waals surface area (Å²) in [5.41, 5.74) is -0.202. The number of halogens is 2. The molecule has 1 atom stereocenters. The average molecular weight is 408 g/mol. The molecule has 2 N–H and O–H groups in total. The number of aliphatic carboxylic acids is 1. The Hall–Kier alpha value is -1.32. The lowest BCUT2D eigenvalue weighted by Crippen LogP contribution is -2.41. The van der Waals surface area contributed by atoms with Crippen molar-refractivity contribution in [1.29, 1.82) is 0 Å². The van der Waals surface area contributed by atoms with Crippen LogP contribution in [0.4, 0.5) is 5.69 Å². The molecule has 1 aromatic carbocycles. The van der Waals surface area contributed by atoms with E-state index in [9.17, 15) is 18.3 Å². The first-order chi connectivity index (χ1) is 11.7. The Morgan fingerprint density at radius 1 is 1.28 bits per heavy atom. The van der Waals surface area contributed by atoms with Crippen molar-refractivity contribution in [1.82, 2.24) is 0 Å². The van der Waals surface area contributed by atoms with Crippen LogP contribution in [0.25, 0.3) is 0 Å². The molecule has 10 heteroatoms. The molecule has 0 amide bonds. The Morgan fingerprint density at radius 3 is 2.60 bits per heavy atom. The highest BCUT2D eigenvalue weighted by Crippen LogP contribution is 2.38. The predicted molar refractivity (Wildman–Crippen MR) is 92.4 cm³/mol. The molecule has 1 aromatic rings. The van der Waals surface area contributed by atoms with Crippen LogP contribution in [0.5, 0.6) is 0 Å². The molecule has 0 radical (unpaired) electrons. The molecule has 136 valence electrons. The van der Waals surface area contributed by atoms with Gasteiger partial charge in [0.2, 0.25) is 10.0 Å². The van der Waals surface area contributed by atoms with Gasteiger partial charge in [0.1, 0.15) is 5.25 Å². The van der Waals surface area contributed by atoms with Crippen LogP contribution >= 0.6 is 23.2 Å². The van der Waals surface area contributed by atoms with E-state index in [0.717, 1.165) is 0 Å². The Bertz CT molecular complexity index is 832. The topological polar surface area (TPSA) is 102 Å². The SMILES string of the molecule is O=C(O)C1=CC2(CCC1S(=O)(=O)Nc1cccc(Cl)c1Cl)OCCO2. The highest BCUT2D eigenvalue weighted by molar-refractivity contribution is 7.93. The van der Waals surface area contributed by atoms with Crippen molar-refractivity contribution >= 4 is 44.9 Å². The van der Waals surface area contributed by atoms with Gasteiger partial charge >= 0.3 is 5.97 Å². The second-order valence-corrected chi connectivity index (χ2v) is 8.34. The monoisotopic (exact) mass is 407 g/mol. The van der Waals surface area contributed by atoms with Crippen molar-refractivity contribution in [3.05, 3.63) is 39.9 Å². The van der Waals surface area contributed by atoms with E-state index in [4.69, 9.17) is 32.7 Å². The highest BCUT2D eigenvalue weighted by Gasteiger charge is 2.45. The van der Waals surface area contributed by atoms with Crippen molar-refractivity contribution < 1.29 is 27.8 Å². The maximum absolute atomic E-state index is 12.7. The maximum Gasteiger partial charge on any atom is 0.332 e. The van der Waals surface area contributed by atoms with Crippen LogP contribution in [-0.4, -0.2) is 43.7 Å². The van der Waals surface area contributed by atoms with E-state index in [1.54, 1.807) is 0 Å². The normalized spacial score (nSPS) is 22.6. The molecule has 1 aliphatic heterocycles. The third-order valence-corrected chi connectivity index (χ3v) is 6.64. The third kappa shape index (κ3) is 3.63. The van der Waals surface area contributed by atoms with Gasteiger partial charge in [0, 0.05) is 6.42 Å².